The van der Waals surface area contributed by atoms with Crippen LogP contribution in [0.15, 0.2) is 58.6 Å². The standard InChI is InChI=1S/C20H19F3N4OS2/c1-13-7-9-14(10-8-13)29-11-17-25-26-19(27(17)2)30-12-18(28)24-16-6-4-3-5-15(16)20(21,22)23/h3-10H,11-12H2,1-2H3,(H,24,28). The first-order valence-electron chi connectivity index (χ1n) is 8.90. The monoisotopic (exact) mass is 452 g/mol. The van der Waals surface area contributed by atoms with Crippen molar-refractivity contribution in [1.29, 1.82) is 0 Å². The van der Waals surface area contributed by atoms with Gasteiger partial charge in [0.2, 0.25) is 5.91 Å². The van der Waals surface area contributed by atoms with Crippen molar-refractivity contribution in [1.82, 2.24) is 14.8 Å². The van der Waals surface area contributed by atoms with Crippen molar-refractivity contribution in [2.45, 2.75) is 28.9 Å². The Hall–Kier alpha value is -2.46. The van der Waals surface area contributed by atoms with Gasteiger partial charge in [-0.3, -0.25) is 4.79 Å². The summed E-state index contributed by atoms with van der Waals surface area (Å²) in [6.07, 6.45) is -4.54. The number of rotatable bonds is 7. The van der Waals surface area contributed by atoms with Crippen molar-refractivity contribution in [3.05, 3.63) is 65.5 Å². The maximum atomic E-state index is 13.0. The third-order valence-electron chi connectivity index (χ3n) is 4.15. The lowest BCUT2D eigenvalue weighted by Crippen LogP contribution is -2.18. The van der Waals surface area contributed by atoms with Crippen molar-refractivity contribution >= 4 is 35.1 Å². The molecule has 1 aromatic heterocycles. The molecule has 0 fully saturated rings. The summed E-state index contributed by atoms with van der Waals surface area (Å²) >= 11 is 2.74. The van der Waals surface area contributed by atoms with E-state index in [2.05, 4.69) is 15.5 Å². The van der Waals surface area contributed by atoms with Gasteiger partial charge in [0.1, 0.15) is 5.82 Å². The van der Waals surface area contributed by atoms with Crippen molar-refractivity contribution < 1.29 is 18.0 Å². The largest absolute Gasteiger partial charge is 0.418 e. The summed E-state index contributed by atoms with van der Waals surface area (Å²) in [5.74, 6) is 0.725. The van der Waals surface area contributed by atoms with Crippen molar-refractivity contribution in [3.63, 3.8) is 0 Å². The summed E-state index contributed by atoms with van der Waals surface area (Å²) in [5, 5.41) is 11.1. The number of halogens is 3. The second kappa shape index (κ2) is 9.57. The van der Waals surface area contributed by atoms with Gasteiger partial charge in [-0.1, -0.05) is 41.6 Å². The molecule has 1 amide bonds. The zero-order valence-electron chi connectivity index (χ0n) is 16.2. The van der Waals surface area contributed by atoms with Gasteiger partial charge in [-0.2, -0.15) is 13.2 Å². The second-order valence-electron chi connectivity index (χ2n) is 6.44. The highest BCUT2D eigenvalue weighted by molar-refractivity contribution is 7.99. The minimum Gasteiger partial charge on any atom is -0.325 e. The Bertz CT molecular complexity index is 1020. The summed E-state index contributed by atoms with van der Waals surface area (Å²) in [4.78, 5) is 13.3. The average molecular weight is 453 g/mol. The van der Waals surface area contributed by atoms with Gasteiger partial charge in [0.05, 0.1) is 22.8 Å². The van der Waals surface area contributed by atoms with Gasteiger partial charge in [0.25, 0.3) is 0 Å². The maximum Gasteiger partial charge on any atom is 0.418 e. The lowest BCUT2D eigenvalue weighted by molar-refractivity contribution is -0.137. The van der Waals surface area contributed by atoms with Crippen LogP contribution in [0.5, 0.6) is 0 Å². The molecule has 10 heteroatoms. The maximum absolute atomic E-state index is 13.0. The molecule has 0 radical (unpaired) electrons. The van der Waals surface area contributed by atoms with Gasteiger partial charge in [-0.25, -0.2) is 0 Å². The second-order valence-corrected chi connectivity index (χ2v) is 8.43. The van der Waals surface area contributed by atoms with Crippen LogP contribution >= 0.6 is 23.5 Å². The minimum atomic E-state index is -4.54. The van der Waals surface area contributed by atoms with E-state index in [9.17, 15) is 18.0 Å². The van der Waals surface area contributed by atoms with Gasteiger partial charge >= 0.3 is 6.18 Å². The highest BCUT2D eigenvalue weighted by Crippen LogP contribution is 2.34. The predicted octanol–water partition coefficient (Wildman–Crippen LogP) is 5.17. The number of carbonyl (C=O) groups excluding carboxylic acids is 1. The number of hydrogen-bond donors (Lipinski definition) is 1. The lowest BCUT2D eigenvalue weighted by atomic mass is 10.1. The third kappa shape index (κ3) is 5.79. The van der Waals surface area contributed by atoms with Crippen LogP contribution < -0.4 is 5.32 Å². The predicted molar refractivity (Wildman–Crippen MR) is 113 cm³/mol. The molecule has 30 heavy (non-hydrogen) atoms. The van der Waals surface area contributed by atoms with Crippen molar-refractivity contribution in [2.24, 2.45) is 7.05 Å². The third-order valence-corrected chi connectivity index (χ3v) is 6.18. The number of anilines is 1. The summed E-state index contributed by atoms with van der Waals surface area (Å²) in [5.41, 5.74) is 0.0500. The van der Waals surface area contributed by atoms with E-state index < -0.39 is 17.6 Å². The molecule has 158 valence electrons. The summed E-state index contributed by atoms with van der Waals surface area (Å²) < 4.78 is 40.9. The number of thioether (sulfide) groups is 2. The van der Waals surface area contributed by atoms with Gasteiger partial charge in [-0.05, 0) is 31.2 Å². The number of nitrogens with zero attached hydrogens (tertiary/aromatic N) is 3. The summed E-state index contributed by atoms with van der Waals surface area (Å²) in [7, 11) is 1.80. The Morgan fingerprint density at radius 1 is 1.07 bits per heavy atom. The molecule has 1 heterocycles. The van der Waals surface area contributed by atoms with Crippen LogP contribution in [0.3, 0.4) is 0 Å². The van der Waals surface area contributed by atoms with Gasteiger partial charge in [0.15, 0.2) is 5.16 Å². The first-order valence-corrected chi connectivity index (χ1v) is 10.9. The number of aromatic nitrogens is 3. The first kappa shape index (κ1) is 22.2. The number of amides is 1. The molecule has 0 aliphatic rings. The number of carbonyl (C=O) groups is 1. The fourth-order valence-corrected chi connectivity index (χ4v) is 4.14. The minimum absolute atomic E-state index is 0.0801. The lowest BCUT2D eigenvalue weighted by Gasteiger charge is -2.13. The zero-order chi connectivity index (χ0) is 21.7. The molecule has 0 aliphatic carbocycles. The summed E-state index contributed by atoms with van der Waals surface area (Å²) in [6, 6.07) is 13.0. The SMILES string of the molecule is Cc1ccc(SCc2nnc(SCC(=O)Nc3ccccc3C(F)(F)F)n2C)cc1. The van der Waals surface area contributed by atoms with Crippen LogP contribution in [0.2, 0.25) is 0 Å². The molecule has 5 nitrogen and oxygen atoms in total. The molecule has 3 rings (SSSR count). The number of alkyl halides is 3. The molecule has 3 aromatic rings. The molecular formula is C20H19F3N4OS2. The molecule has 0 saturated carbocycles. The molecule has 0 aliphatic heterocycles. The first-order chi connectivity index (χ1) is 14.2. The van der Waals surface area contributed by atoms with Crippen molar-refractivity contribution in [3.8, 4) is 0 Å². The van der Waals surface area contributed by atoms with E-state index in [1.54, 1.807) is 23.4 Å². The van der Waals surface area contributed by atoms with E-state index in [-0.39, 0.29) is 11.4 Å². The molecular weight excluding hydrogens is 433 g/mol. The van der Waals surface area contributed by atoms with Crippen LogP contribution in [0, 0.1) is 6.92 Å². The Labute approximate surface area is 180 Å². The molecule has 0 spiro atoms. The Morgan fingerprint density at radius 3 is 2.47 bits per heavy atom. The van der Waals surface area contributed by atoms with E-state index in [1.807, 2.05) is 31.2 Å². The number of benzene rings is 2. The smallest absolute Gasteiger partial charge is 0.325 e. The molecule has 0 bridgehead atoms. The van der Waals surface area contributed by atoms with E-state index >= 15 is 0 Å². The fraction of sp³-hybridized carbons (Fsp3) is 0.250. The topological polar surface area (TPSA) is 59.8 Å². The van der Waals surface area contributed by atoms with Gasteiger partial charge in [-0.15, -0.1) is 22.0 Å². The molecule has 1 N–H and O–H groups in total. The van der Waals surface area contributed by atoms with Crippen LogP contribution in [0.1, 0.15) is 17.0 Å². The average Bonchev–Trinajstić information content (AvgIpc) is 3.05. The van der Waals surface area contributed by atoms with E-state index in [1.165, 1.54) is 23.8 Å². The van der Waals surface area contributed by atoms with Gasteiger partial charge in [0, 0.05) is 11.9 Å². The van der Waals surface area contributed by atoms with Gasteiger partial charge < -0.3 is 9.88 Å². The molecule has 0 unspecified atom stereocenters. The van der Waals surface area contributed by atoms with E-state index in [0.717, 1.165) is 28.5 Å². The van der Waals surface area contributed by atoms with Crippen LogP contribution in [0.25, 0.3) is 0 Å². The Balaban J connectivity index is 1.56. The molecule has 2 aromatic carbocycles. The number of hydrogen-bond acceptors (Lipinski definition) is 5. The number of nitrogens with one attached hydrogen (secondary N) is 1. The van der Waals surface area contributed by atoms with Crippen LogP contribution in [-0.4, -0.2) is 26.4 Å². The Morgan fingerprint density at radius 2 is 1.77 bits per heavy atom. The quantitative estimate of drug-likeness (QED) is 0.502. The molecule has 0 atom stereocenters. The highest BCUT2D eigenvalue weighted by atomic mass is 32.2. The van der Waals surface area contributed by atoms with Crippen molar-refractivity contribution in [2.75, 3.05) is 11.1 Å². The number of para-hydroxylation sites is 1. The van der Waals surface area contributed by atoms with Crippen LogP contribution in [0.4, 0.5) is 18.9 Å². The normalized spacial score (nSPS) is 11.5. The van der Waals surface area contributed by atoms with E-state index in [4.69, 9.17) is 0 Å². The van der Waals surface area contributed by atoms with Crippen LogP contribution in [-0.2, 0) is 23.8 Å². The highest BCUT2D eigenvalue weighted by Gasteiger charge is 2.33. The molecule has 0 saturated heterocycles. The number of aryl methyl sites for hydroxylation is 1. The van der Waals surface area contributed by atoms with E-state index in [0.29, 0.717) is 10.9 Å². The fourth-order valence-electron chi connectivity index (χ4n) is 2.53. The zero-order valence-corrected chi connectivity index (χ0v) is 17.9. The summed E-state index contributed by atoms with van der Waals surface area (Å²) in [6.45, 7) is 2.03. The Kier molecular flexibility index (Phi) is 7.09.